The van der Waals surface area contributed by atoms with Crippen molar-refractivity contribution >= 4 is 16.7 Å². The maximum Gasteiger partial charge on any atom is 0.281 e. The number of hydrogen-bond donors (Lipinski definition) is 1. The Bertz CT molecular complexity index is 976. The van der Waals surface area contributed by atoms with E-state index in [0.717, 1.165) is 36.3 Å². The molecule has 25 heavy (non-hydrogen) atoms. The summed E-state index contributed by atoms with van der Waals surface area (Å²) in [7, 11) is 0. The summed E-state index contributed by atoms with van der Waals surface area (Å²) in [6.45, 7) is 1.78. The first-order valence-electron chi connectivity index (χ1n) is 8.26. The normalized spacial score (nSPS) is 14.8. The number of aromatic hydroxyl groups is 1. The van der Waals surface area contributed by atoms with Gasteiger partial charge in [-0.2, -0.15) is 0 Å². The summed E-state index contributed by atoms with van der Waals surface area (Å²) in [6, 6.07) is 5.63. The van der Waals surface area contributed by atoms with Gasteiger partial charge in [0, 0.05) is 19.3 Å². The second kappa shape index (κ2) is 6.16. The maximum absolute atomic E-state index is 14.1. The van der Waals surface area contributed by atoms with Gasteiger partial charge in [0.1, 0.15) is 29.1 Å². The highest BCUT2D eigenvalue weighted by Crippen LogP contribution is 2.27. The van der Waals surface area contributed by atoms with Gasteiger partial charge in [-0.3, -0.25) is 9.36 Å². The number of para-hydroxylation sites is 1. The van der Waals surface area contributed by atoms with Crippen molar-refractivity contribution in [3.63, 3.8) is 0 Å². The number of benzene rings is 1. The van der Waals surface area contributed by atoms with Crippen LogP contribution in [0.3, 0.4) is 0 Å². The lowest BCUT2D eigenvalue weighted by Gasteiger charge is -2.28. The highest BCUT2D eigenvalue weighted by atomic mass is 19.1. The number of pyridine rings is 1. The minimum absolute atomic E-state index is 0.174. The second-order valence-corrected chi connectivity index (χ2v) is 6.11. The Hall–Kier alpha value is -2.96. The Morgan fingerprint density at radius 2 is 1.88 bits per heavy atom. The van der Waals surface area contributed by atoms with Gasteiger partial charge in [-0.15, -0.1) is 0 Å². The van der Waals surface area contributed by atoms with E-state index in [9.17, 15) is 14.3 Å². The molecule has 1 N–H and O–H groups in total. The molecular formula is C18H17FN4O2. The van der Waals surface area contributed by atoms with Gasteiger partial charge < -0.3 is 10.0 Å². The van der Waals surface area contributed by atoms with Crippen LogP contribution in [0.4, 0.5) is 10.2 Å². The Morgan fingerprint density at radius 1 is 1.08 bits per heavy atom. The molecule has 2 aromatic heterocycles. The number of fused-ring (bicyclic) bond motifs is 1. The van der Waals surface area contributed by atoms with Gasteiger partial charge >= 0.3 is 0 Å². The molecule has 0 saturated carbocycles. The molecule has 0 amide bonds. The van der Waals surface area contributed by atoms with Gasteiger partial charge in [0.15, 0.2) is 5.82 Å². The van der Waals surface area contributed by atoms with Crippen molar-refractivity contribution in [1.82, 2.24) is 14.5 Å². The first-order chi connectivity index (χ1) is 12.2. The van der Waals surface area contributed by atoms with Crippen molar-refractivity contribution < 1.29 is 9.50 Å². The Morgan fingerprint density at radius 3 is 2.64 bits per heavy atom. The van der Waals surface area contributed by atoms with Crippen molar-refractivity contribution in [3.05, 3.63) is 53.0 Å². The largest absolute Gasteiger partial charge is 0.506 e. The Balaban J connectivity index is 1.91. The fraction of sp³-hybridized carbons (Fsp3) is 0.278. The summed E-state index contributed by atoms with van der Waals surface area (Å²) in [6.07, 6.45) is 6.19. The molecule has 0 aliphatic carbocycles. The lowest BCUT2D eigenvalue weighted by Crippen LogP contribution is -2.31. The molecule has 0 spiro atoms. The van der Waals surface area contributed by atoms with E-state index in [2.05, 4.69) is 14.9 Å². The molecule has 1 aliphatic heterocycles. The predicted molar refractivity (Wildman–Crippen MR) is 92.8 cm³/mol. The number of rotatable bonds is 2. The van der Waals surface area contributed by atoms with Gasteiger partial charge in [0.2, 0.25) is 0 Å². The van der Waals surface area contributed by atoms with Crippen LogP contribution in [0.2, 0.25) is 0 Å². The zero-order valence-electron chi connectivity index (χ0n) is 13.5. The van der Waals surface area contributed by atoms with Crippen LogP contribution in [0.5, 0.6) is 5.75 Å². The zero-order valence-corrected chi connectivity index (χ0v) is 13.5. The minimum Gasteiger partial charge on any atom is -0.506 e. The number of aromatic nitrogens is 3. The van der Waals surface area contributed by atoms with Crippen LogP contribution < -0.4 is 10.5 Å². The third kappa shape index (κ3) is 2.61. The molecular weight excluding hydrogens is 323 g/mol. The van der Waals surface area contributed by atoms with E-state index in [0.29, 0.717) is 5.39 Å². The summed E-state index contributed by atoms with van der Waals surface area (Å²) in [5.41, 5.74) is -0.452. The van der Waals surface area contributed by atoms with Gasteiger partial charge in [-0.1, -0.05) is 6.07 Å². The van der Waals surface area contributed by atoms with Crippen molar-refractivity contribution in [2.75, 3.05) is 18.0 Å². The van der Waals surface area contributed by atoms with Crippen LogP contribution in [0.1, 0.15) is 19.3 Å². The molecule has 128 valence electrons. The Labute approximate surface area is 143 Å². The molecule has 1 fully saturated rings. The van der Waals surface area contributed by atoms with Crippen molar-refractivity contribution in [2.45, 2.75) is 19.3 Å². The van der Waals surface area contributed by atoms with Crippen LogP contribution in [-0.2, 0) is 0 Å². The number of phenolic OH excluding ortho intramolecular Hbond substituents is 1. The molecule has 0 atom stereocenters. The van der Waals surface area contributed by atoms with Gasteiger partial charge in [-0.25, -0.2) is 14.4 Å². The summed E-state index contributed by atoms with van der Waals surface area (Å²) in [4.78, 5) is 23.5. The van der Waals surface area contributed by atoms with E-state index >= 15 is 0 Å². The fourth-order valence-electron chi connectivity index (χ4n) is 3.32. The number of nitrogens with zero attached hydrogens (tertiary/aromatic N) is 4. The van der Waals surface area contributed by atoms with Gasteiger partial charge in [0.25, 0.3) is 5.56 Å². The minimum atomic E-state index is -0.674. The Kier molecular flexibility index (Phi) is 3.83. The highest BCUT2D eigenvalue weighted by Gasteiger charge is 2.19. The van der Waals surface area contributed by atoms with Crippen molar-refractivity contribution in [1.29, 1.82) is 0 Å². The predicted octanol–water partition coefficient (Wildman–Crippen LogP) is 2.62. The number of piperidine rings is 1. The molecule has 1 aromatic carbocycles. The molecule has 1 aliphatic rings. The van der Waals surface area contributed by atoms with E-state index in [1.807, 2.05) is 0 Å². The van der Waals surface area contributed by atoms with Crippen LogP contribution >= 0.6 is 0 Å². The average Bonchev–Trinajstić information content (AvgIpc) is 2.64. The second-order valence-electron chi connectivity index (χ2n) is 6.11. The standard InChI is InChI=1S/C18H17FN4O2/c19-13-5-4-6-14(24)16(13)23-10-7-12-15(18(23)25)20-11-21-17(12)22-8-2-1-3-9-22/h4-7,10-11,24H,1-3,8-9H2. The van der Waals surface area contributed by atoms with Crippen LogP contribution in [0.25, 0.3) is 16.6 Å². The summed E-state index contributed by atoms with van der Waals surface area (Å²) >= 11 is 0. The molecule has 3 heterocycles. The third-order valence-electron chi connectivity index (χ3n) is 4.54. The van der Waals surface area contributed by atoms with E-state index in [-0.39, 0.29) is 17.0 Å². The number of phenols is 1. The number of halogens is 1. The van der Waals surface area contributed by atoms with Gasteiger partial charge in [-0.05, 0) is 37.5 Å². The van der Waals surface area contributed by atoms with Crippen LogP contribution in [0, 0.1) is 5.82 Å². The smallest absolute Gasteiger partial charge is 0.281 e. The zero-order chi connectivity index (χ0) is 17.4. The van der Waals surface area contributed by atoms with Gasteiger partial charge in [0.05, 0.1) is 5.39 Å². The molecule has 3 aromatic rings. The molecule has 6 nitrogen and oxygen atoms in total. The molecule has 7 heteroatoms. The first kappa shape index (κ1) is 15.6. The maximum atomic E-state index is 14.1. The third-order valence-corrected chi connectivity index (χ3v) is 4.54. The number of anilines is 1. The fourth-order valence-corrected chi connectivity index (χ4v) is 3.32. The quantitative estimate of drug-likeness (QED) is 0.776. The molecule has 4 rings (SSSR count). The van der Waals surface area contributed by atoms with E-state index in [1.165, 1.54) is 37.1 Å². The SMILES string of the molecule is O=c1c2ncnc(N3CCCCC3)c2ccn1-c1c(O)cccc1F. The highest BCUT2D eigenvalue weighted by molar-refractivity contribution is 5.88. The first-order valence-corrected chi connectivity index (χ1v) is 8.26. The van der Waals surface area contributed by atoms with Crippen LogP contribution in [0.15, 0.2) is 41.6 Å². The summed E-state index contributed by atoms with van der Waals surface area (Å²) in [5, 5.41) is 10.6. The average molecular weight is 340 g/mol. The van der Waals surface area contributed by atoms with Crippen molar-refractivity contribution in [2.24, 2.45) is 0 Å². The monoisotopic (exact) mass is 340 g/mol. The number of hydrogen-bond acceptors (Lipinski definition) is 5. The van der Waals surface area contributed by atoms with E-state index in [4.69, 9.17) is 0 Å². The van der Waals surface area contributed by atoms with Crippen LogP contribution in [-0.4, -0.2) is 32.7 Å². The van der Waals surface area contributed by atoms with E-state index in [1.54, 1.807) is 6.07 Å². The molecule has 1 saturated heterocycles. The molecule has 0 unspecified atom stereocenters. The molecule has 0 radical (unpaired) electrons. The summed E-state index contributed by atoms with van der Waals surface area (Å²) < 4.78 is 15.2. The lowest BCUT2D eigenvalue weighted by molar-refractivity contribution is 0.464. The van der Waals surface area contributed by atoms with Crippen molar-refractivity contribution in [3.8, 4) is 11.4 Å². The lowest BCUT2D eigenvalue weighted by atomic mass is 10.1. The topological polar surface area (TPSA) is 71.2 Å². The van der Waals surface area contributed by atoms with E-state index < -0.39 is 11.4 Å². The molecule has 0 bridgehead atoms. The summed E-state index contributed by atoms with van der Waals surface area (Å²) in [5.74, 6) is -0.245.